The Morgan fingerprint density at radius 2 is 2.00 bits per heavy atom. The Bertz CT molecular complexity index is 886. The monoisotopic (exact) mass is 398 g/mol. The molecule has 2 aliphatic rings. The number of amides is 1. The van der Waals surface area contributed by atoms with Crippen molar-refractivity contribution in [2.24, 2.45) is 10.9 Å². The third-order valence-corrected chi connectivity index (χ3v) is 5.52. The van der Waals surface area contributed by atoms with Gasteiger partial charge in [0, 0.05) is 25.8 Å². The number of allylic oxidation sites excluding steroid dienone is 1. The summed E-state index contributed by atoms with van der Waals surface area (Å²) >= 11 is 0. The Kier molecular flexibility index (Phi) is 6.42. The number of hydrogen-bond acceptors (Lipinski definition) is 4. The van der Waals surface area contributed by atoms with Crippen molar-refractivity contribution in [3.05, 3.63) is 58.4 Å². The predicted octanol–water partition coefficient (Wildman–Crippen LogP) is 2.88. The van der Waals surface area contributed by atoms with E-state index in [0.717, 1.165) is 11.1 Å². The van der Waals surface area contributed by atoms with Crippen molar-refractivity contribution < 1.29 is 19.1 Å². The molecule has 0 aromatic heterocycles. The van der Waals surface area contributed by atoms with Crippen LogP contribution in [0.4, 0.5) is 4.39 Å². The van der Waals surface area contributed by atoms with Gasteiger partial charge in [-0.15, -0.1) is 0 Å². The first-order chi connectivity index (χ1) is 13.8. The second-order valence-corrected chi connectivity index (χ2v) is 7.84. The number of carbonyl (C=O) groups is 2. The summed E-state index contributed by atoms with van der Waals surface area (Å²) in [5.41, 5.74) is 2.82. The van der Waals surface area contributed by atoms with Crippen molar-refractivity contribution in [3.63, 3.8) is 0 Å². The van der Waals surface area contributed by atoms with Gasteiger partial charge in [-0.05, 0) is 48.1 Å². The molecule has 1 amide bonds. The van der Waals surface area contributed by atoms with Gasteiger partial charge in [-0.2, -0.15) is 0 Å². The van der Waals surface area contributed by atoms with E-state index in [-0.39, 0.29) is 54.1 Å². The molecule has 154 valence electrons. The summed E-state index contributed by atoms with van der Waals surface area (Å²) in [7, 11) is 0. The third-order valence-electron chi connectivity index (χ3n) is 5.52. The molecule has 2 heterocycles. The number of carbonyl (C=O) groups excluding carboxylic acids is 2. The van der Waals surface area contributed by atoms with E-state index in [1.807, 2.05) is 13.0 Å². The summed E-state index contributed by atoms with van der Waals surface area (Å²) < 4.78 is 13.2. The highest BCUT2D eigenvalue weighted by molar-refractivity contribution is 6.20. The fourth-order valence-corrected chi connectivity index (χ4v) is 3.90. The molecule has 0 radical (unpaired) electrons. The van der Waals surface area contributed by atoms with Crippen molar-refractivity contribution in [1.82, 2.24) is 4.90 Å². The quantitative estimate of drug-likeness (QED) is 0.718. The van der Waals surface area contributed by atoms with Crippen LogP contribution in [0.25, 0.3) is 0 Å². The van der Waals surface area contributed by atoms with Crippen molar-refractivity contribution in [2.75, 3.05) is 13.2 Å². The van der Waals surface area contributed by atoms with Gasteiger partial charge >= 0.3 is 0 Å². The van der Waals surface area contributed by atoms with Gasteiger partial charge in [0.25, 0.3) is 5.91 Å². The molecule has 0 bridgehead atoms. The first-order valence-corrected chi connectivity index (χ1v) is 9.99. The number of halogens is 1. The number of rotatable bonds is 7. The summed E-state index contributed by atoms with van der Waals surface area (Å²) in [4.78, 5) is 32.0. The minimum Gasteiger partial charge on any atom is -0.396 e. The molecule has 1 N–H and O–H groups in total. The van der Waals surface area contributed by atoms with E-state index in [0.29, 0.717) is 18.5 Å². The van der Waals surface area contributed by atoms with Crippen molar-refractivity contribution in [1.29, 1.82) is 0 Å². The Hall–Kier alpha value is -2.60. The lowest BCUT2D eigenvalue weighted by atomic mass is 9.84. The lowest BCUT2D eigenvalue weighted by Crippen LogP contribution is -2.54. The highest BCUT2D eigenvalue weighted by Gasteiger charge is 2.42. The maximum atomic E-state index is 13.2. The Balaban J connectivity index is 1.96. The zero-order valence-corrected chi connectivity index (χ0v) is 17.1. The summed E-state index contributed by atoms with van der Waals surface area (Å²) in [6.45, 7) is 5.72. The van der Waals surface area contributed by atoms with Crippen LogP contribution in [-0.4, -0.2) is 53.1 Å². The first-order valence-electron chi connectivity index (χ1n) is 9.99. The molecule has 3 rings (SSSR count). The van der Waals surface area contributed by atoms with Gasteiger partial charge in [0.1, 0.15) is 5.82 Å². The molecule has 0 saturated heterocycles. The number of benzene rings is 1. The van der Waals surface area contributed by atoms with Gasteiger partial charge in [0.2, 0.25) is 0 Å². The van der Waals surface area contributed by atoms with Crippen LogP contribution in [0, 0.1) is 11.7 Å². The zero-order chi connectivity index (χ0) is 21.1. The van der Waals surface area contributed by atoms with Gasteiger partial charge in [0.05, 0.1) is 17.7 Å². The van der Waals surface area contributed by atoms with Crippen molar-refractivity contribution in [2.45, 2.75) is 45.7 Å². The minimum atomic E-state index is -0.305. The molecule has 2 aliphatic heterocycles. The highest BCUT2D eigenvalue weighted by atomic mass is 19.1. The van der Waals surface area contributed by atoms with Crippen LogP contribution >= 0.6 is 0 Å². The van der Waals surface area contributed by atoms with Gasteiger partial charge in [-0.1, -0.05) is 32.1 Å². The maximum Gasteiger partial charge on any atom is 0.258 e. The molecule has 29 heavy (non-hydrogen) atoms. The minimum absolute atomic E-state index is 0.0453. The standard InChI is InChI=1S/C23H27FN2O3/c1-4-20(28)21-15(3)22-19(26(23(21)29)12-14(2)13-27)10-17(11-25-22)9-16-5-7-18(24)8-6-16/h5-8,10-11,14,19,22,27H,4,9,12-13H2,1-3H3. The molecule has 0 fully saturated rings. The van der Waals surface area contributed by atoms with Crippen LogP contribution in [0.15, 0.2) is 52.1 Å². The number of fused-ring (bicyclic) bond motifs is 1. The maximum absolute atomic E-state index is 13.2. The third kappa shape index (κ3) is 4.37. The van der Waals surface area contributed by atoms with Crippen molar-refractivity contribution >= 4 is 17.9 Å². The van der Waals surface area contributed by atoms with Gasteiger partial charge in [-0.25, -0.2) is 4.39 Å². The smallest absolute Gasteiger partial charge is 0.258 e. The average Bonchev–Trinajstić information content (AvgIpc) is 2.72. The Labute approximate surface area is 170 Å². The predicted molar refractivity (Wildman–Crippen MR) is 110 cm³/mol. The van der Waals surface area contributed by atoms with E-state index in [1.165, 1.54) is 12.1 Å². The number of Topliss-reactive ketones (excluding diaryl/α,β-unsaturated/α-hetero) is 1. The molecule has 0 aliphatic carbocycles. The van der Waals surface area contributed by atoms with Crippen LogP contribution in [0.2, 0.25) is 0 Å². The van der Waals surface area contributed by atoms with Crippen LogP contribution in [0.5, 0.6) is 0 Å². The molecule has 3 atom stereocenters. The SMILES string of the molecule is CCC(=O)C1=C(C)C2N=CC(Cc3ccc(F)cc3)=CC2N(CC(C)CO)C1=O. The van der Waals surface area contributed by atoms with E-state index in [1.54, 1.807) is 37.1 Å². The van der Waals surface area contributed by atoms with Gasteiger partial charge in [0.15, 0.2) is 5.78 Å². The van der Waals surface area contributed by atoms with Gasteiger partial charge < -0.3 is 10.0 Å². The number of aliphatic imine (C=N–C) groups is 1. The van der Waals surface area contributed by atoms with E-state index in [4.69, 9.17) is 0 Å². The van der Waals surface area contributed by atoms with Crippen LogP contribution in [0.1, 0.15) is 32.8 Å². The second-order valence-electron chi connectivity index (χ2n) is 7.84. The molecular formula is C23H27FN2O3. The number of hydrogen-bond donors (Lipinski definition) is 1. The summed E-state index contributed by atoms with van der Waals surface area (Å²) in [5.74, 6) is -0.860. The van der Waals surface area contributed by atoms with Crippen LogP contribution < -0.4 is 0 Å². The molecule has 0 saturated carbocycles. The molecule has 0 spiro atoms. The number of aliphatic hydroxyl groups is 1. The summed E-state index contributed by atoms with van der Waals surface area (Å²) in [6, 6.07) is 5.71. The summed E-state index contributed by atoms with van der Waals surface area (Å²) in [5, 5.41) is 9.50. The van der Waals surface area contributed by atoms with E-state index in [9.17, 15) is 19.1 Å². The molecule has 1 aromatic carbocycles. The molecule has 6 heteroatoms. The molecule has 1 aromatic rings. The van der Waals surface area contributed by atoms with E-state index in [2.05, 4.69) is 4.99 Å². The van der Waals surface area contributed by atoms with E-state index < -0.39 is 0 Å². The van der Waals surface area contributed by atoms with Crippen LogP contribution in [0.3, 0.4) is 0 Å². The van der Waals surface area contributed by atoms with Crippen molar-refractivity contribution in [3.8, 4) is 0 Å². The van der Waals surface area contributed by atoms with Crippen LogP contribution in [-0.2, 0) is 16.0 Å². The topological polar surface area (TPSA) is 70.0 Å². The Morgan fingerprint density at radius 1 is 1.31 bits per heavy atom. The fourth-order valence-electron chi connectivity index (χ4n) is 3.90. The zero-order valence-electron chi connectivity index (χ0n) is 17.1. The number of dihydropyridines is 1. The molecule has 5 nitrogen and oxygen atoms in total. The lowest BCUT2D eigenvalue weighted by molar-refractivity contribution is -0.133. The first kappa shape index (κ1) is 21.1. The largest absolute Gasteiger partial charge is 0.396 e. The molecule has 3 unspecified atom stereocenters. The lowest BCUT2D eigenvalue weighted by Gasteiger charge is -2.42. The number of aliphatic hydroxyl groups excluding tert-OH is 1. The summed E-state index contributed by atoms with van der Waals surface area (Å²) in [6.07, 6.45) is 4.63. The highest BCUT2D eigenvalue weighted by Crippen LogP contribution is 2.32. The molecular weight excluding hydrogens is 371 g/mol. The number of nitrogens with zero attached hydrogens (tertiary/aromatic N) is 2. The normalized spacial score (nSPS) is 22.4. The van der Waals surface area contributed by atoms with E-state index >= 15 is 0 Å². The average molecular weight is 398 g/mol. The van der Waals surface area contributed by atoms with Gasteiger partial charge in [-0.3, -0.25) is 14.6 Å². The second kappa shape index (κ2) is 8.82. The Morgan fingerprint density at radius 3 is 2.62 bits per heavy atom. The number of ketones is 1. The fraction of sp³-hybridized carbons (Fsp3) is 0.435.